The molecule has 1 N–H and O–H groups in total. The van der Waals surface area contributed by atoms with Crippen molar-refractivity contribution in [1.29, 1.82) is 0 Å². The summed E-state index contributed by atoms with van der Waals surface area (Å²) >= 11 is 8.06. The van der Waals surface area contributed by atoms with Crippen LogP contribution >= 0.6 is 22.9 Å². The van der Waals surface area contributed by atoms with Crippen molar-refractivity contribution in [2.24, 2.45) is 0 Å². The summed E-state index contributed by atoms with van der Waals surface area (Å²) in [5, 5.41) is 12.5. The standard InChI is InChI=1S/C39H35B2ClF4N6O6S/c1-22-24(7-8-27(32(22)42)55-18-17-51-15-13-50(2)14-16-51)30-31-35(47-21-48-36(31)59-33(30)28-9-10-29(43)57-28)58-34(37(53)54)39(40,41)25-5-3-4-6-26(25)56-19-23-11-12-49-52(23)20-38(44,45)46/h3-12,21,34H,13-20H2,1-2H3,(H,53,54). The van der Waals surface area contributed by atoms with Crippen LogP contribution in [-0.4, -0.2) is 115 Å². The zero-order chi connectivity index (χ0) is 42.1. The van der Waals surface area contributed by atoms with Gasteiger partial charge in [-0.1, -0.05) is 35.9 Å². The highest BCUT2D eigenvalue weighted by atomic mass is 35.5. The second-order valence-electron chi connectivity index (χ2n) is 14.0. The van der Waals surface area contributed by atoms with E-state index in [9.17, 15) is 27.5 Å². The Morgan fingerprint density at radius 1 is 1.03 bits per heavy atom. The lowest BCUT2D eigenvalue weighted by Gasteiger charge is -2.34. The number of ether oxygens (including phenoxy) is 3. The van der Waals surface area contributed by atoms with Crippen LogP contribution in [0.5, 0.6) is 17.4 Å². The van der Waals surface area contributed by atoms with Gasteiger partial charge in [0.05, 0.1) is 36.7 Å². The van der Waals surface area contributed by atoms with E-state index in [0.717, 1.165) is 54.6 Å². The second-order valence-corrected chi connectivity index (χ2v) is 15.3. The van der Waals surface area contributed by atoms with E-state index in [1.807, 2.05) is 0 Å². The number of carbonyl (C=O) groups is 1. The predicted octanol–water partition coefficient (Wildman–Crippen LogP) is 6.71. The number of likely N-dealkylation sites (N-methyl/N-ethyl adjacent to an activating group) is 1. The number of carboxylic acids is 1. The Hall–Kier alpha value is -5.10. The molecule has 59 heavy (non-hydrogen) atoms. The van der Waals surface area contributed by atoms with E-state index >= 15 is 0 Å². The highest BCUT2D eigenvalue weighted by molar-refractivity contribution is 7.22. The Labute approximate surface area is 347 Å². The molecule has 1 unspecified atom stereocenters. The molecular formula is C39H35B2ClF4N6O6S. The van der Waals surface area contributed by atoms with Gasteiger partial charge in [-0.15, -0.1) is 11.3 Å². The fraction of sp³-hybridized carbons (Fsp3) is 0.333. The number of nitrogens with zero attached hydrogens (tertiary/aromatic N) is 6. The third kappa shape index (κ3) is 9.22. The van der Waals surface area contributed by atoms with Crippen LogP contribution in [0.15, 0.2) is 71.5 Å². The predicted molar refractivity (Wildman–Crippen MR) is 214 cm³/mol. The fourth-order valence-electron chi connectivity index (χ4n) is 6.76. The van der Waals surface area contributed by atoms with Crippen molar-refractivity contribution in [3.8, 4) is 39.1 Å². The van der Waals surface area contributed by atoms with Crippen LogP contribution in [0.3, 0.4) is 0 Å². The first kappa shape index (κ1) is 42.0. The molecule has 12 nitrogen and oxygen atoms in total. The van der Waals surface area contributed by atoms with Crippen molar-refractivity contribution >= 4 is 54.8 Å². The molecule has 2 aromatic carbocycles. The maximum atomic E-state index is 14.3. The van der Waals surface area contributed by atoms with Crippen molar-refractivity contribution in [3.05, 3.63) is 95.0 Å². The van der Waals surface area contributed by atoms with Gasteiger partial charge in [-0.05, 0) is 60.1 Å². The minimum atomic E-state index is -4.54. The van der Waals surface area contributed by atoms with Crippen LogP contribution < -0.4 is 14.2 Å². The number of carboxylic acid groups (broad SMARTS) is 1. The Morgan fingerprint density at radius 3 is 2.51 bits per heavy atom. The number of furan rings is 1. The maximum Gasteiger partial charge on any atom is 0.408 e. The van der Waals surface area contributed by atoms with Crippen molar-refractivity contribution in [3.63, 3.8) is 0 Å². The first-order valence-corrected chi connectivity index (χ1v) is 19.4. The minimum Gasteiger partial charge on any atom is -0.491 e. The first-order valence-electron chi connectivity index (χ1n) is 18.2. The van der Waals surface area contributed by atoms with Gasteiger partial charge in [0, 0.05) is 50.6 Å². The number of halogens is 5. The molecule has 1 aliphatic rings. The molecule has 4 aromatic heterocycles. The van der Waals surface area contributed by atoms with E-state index in [4.69, 9.17) is 45.9 Å². The molecule has 0 amide bonds. The Kier molecular flexibility index (Phi) is 12.3. The van der Waals surface area contributed by atoms with Crippen LogP contribution in [-0.2, 0) is 23.2 Å². The van der Waals surface area contributed by atoms with Gasteiger partial charge in [0.1, 0.15) is 48.2 Å². The smallest absolute Gasteiger partial charge is 0.408 e. The number of thiophene rings is 1. The van der Waals surface area contributed by atoms with Gasteiger partial charge in [0.2, 0.25) is 5.88 Å². The lowest BCUT2D eigenvalue weighted by molar-refractivity contribution is -0.146. The molecule has 6 aromatic rings. The minimum absolute atomic E-state index is 0.0191. The first-order chi connectivity index (χ1) is 28.1. The van der Waals surface area contributed by atoms with E-state index in [1.54, 1.807) is 25.1 Å². The number of aromatic nitrogens is 4. The maximum absolute atomic E-state index is 14.3. The third-order valence-electron chi connectivity index (χ3n) is 9.88. The summed E-state index contributed by atoms with van der Waals surface area (Å²) in [5.41, 5.74) is 1.57. The molecule has 304 valence electrons. The van der Waals surface area contributed by atoms with Gasteiger partial charge >= 0.3 is 12.1 Å². The summed E-state index contributed by atoms with van der Waals surface area (Å²) < 4.78 is 78.1. The van der Waals surface area contributed by atoms with Gasteiger partial charge in [-0.25, -0.2) is 14.8 Å². The van der Waals surface area contributed by atoms with Gasteiger partial charge in [0.15, 0.2) is 6.10 Å². The van der Waals surface area contributed by atoms with Gasteiger partial charge in [-0.3, -0.25) is 9.58 Å². The average molecular weight is 849 g/mol. The molecule has 4 radical (unpaired) electrons. The fourth-order valence-corrected chi connectivity index (χ4v) is 8.09. The number of piperazine rings is 1. The van der Waals surface area contributed by atoms with Crippen LogP contribution in [0.25, 0.3) is 32.0 Å². The molecule has 5 heterocycles. The number of aliphatic carboxylic acids is 1. The molecule has 0 spiro atoms. The monoisotopic (exact) mass is 848 g/mol. The second kappa shape index (κ2) is 17.2. The summed E-state index contributed by atoms with van der Waals surface area (Å²) in [6.45, 7) is 4.97. The van der Waals surface area contributed by atoms with E-state index in [2.05, 4.69) is 31.9 Å². The molecule has 1 aliphatic heterocycles. The van der Waals surface area contributed by atoms with Crippen LogP contribution in [0, 0.1) is 12.9 Å². The summed E-state index contributed by atoms with van der Waals surface area (Å²) in [7, 11) is 15.4. The molecular weight excluding hydrogens is 814 g/mol. The lowest BCUT2D eigenvalue weighted by Crippen LogP contribution is -2.49. The van der Waals surface area contributed by atoms with Crippen molar-refractivity contribution < 1.29 is 46.1 Å². The molecule has 1 atom stereocenters. The zero-order valence-corrected chi connectivity index (χ0v) is 33.3. The SMILES string of the molecule is [B]C([B])(c1ccccc1OCc1ccnn1CC(F)(F)F)C(Oc1ncnc2sc(-c3ccc(F)o3)c(-c3ccc(OCCN4CCN(C)CC4)c(Cl)c3C)c12)C(=O)O. The third-order valence-corrected chi connectivity index (χ3v) is 11.5. The van der Waals surface area contributed by atoms with Crippen LogP contribution in [0.1, 0.15) is 16.8 Å². The van der Waals surface area contributed by atoms with E-state index in [0.29, 0.717) is 50.3 Å². The molecule has 7 rings (SSSR count). The number of benzene rings is 2. The van der Waals surface area contributed by atoms with Crippen molar-refractivity contribution in [2.75, 3.05) is 46.4 Å². The molecule has 1 fully saturated rings. The number of para-hydroxylation sites is 1. The highest BCUT2D eigenvalue weighted by Gasteiger charge is 2.41. The Balaban J connectivity index is 1.23. The number of hydrogen-bond donors (Lipinski definition) is 1. The summed E-state index contributed by atoms with van der Waals surface area (Å²) in [6.07, 6.45) is -4.22. The molecule has 1 saturated heterocycles. The van der Waals surface area contributed by atoms with Gasteiger partial charge < -0.3 is 28.6 Å². The van der Waals surface area contributed by atoms with Crippen molar-refractivity contribution in [1.82, 2.24) is 29.5 Å². The van der Waals surface area contributed by atoms with E-state index < -0.39 is 36.0 Å². The summed E-state index contributed by atoms with van der Waals surface area (Å²) in [4.78, 5) is 27.1. The number of fused-ring (bicyclic) bond motifs is 1. The van der Waals surface area contributed by atoms with Gasteiger partial charge in [0.25, 0.3) is 6.01 Å². The largest absolute Gasteiger partial charge is 0.491 e. The van der Waals surface area contributed by atoms with Crippen molar-refractivity contribution in [2.45, 2.75) is 37.6 Å². The number of alkyl halides is 3. The lowest BCUT2D eigenvalue weighted by atomic mass is 9.48. The molecule has 0 saturated carbocycles. The normalized spacial score (nSPS) is 14.8. The van der Waals surface area contributed by atoms with Crippen LogP contribution in [0.4, 0.5) is 17.6 Å². The number of hydrogen-bond acceptors (Lipinski definition) is 11. The van der Waals surface area contributed by atoms with Crippen LogP contribution in [0.2, 0.25) is 5.02 Å². The number of rotatable bonds is 15. The molecule has 0 aliphatic carbocycles. The summed E-state index contributed by atoms with van der Waals surface area (Å²) in [6, 6.07) is 12.5. The van der Waals surface area contributed by atoms with E-state index in [-0.39, 0.29) is 40.6 Å². The quantitative estimate of drug-likeness (QED) is 0.0876. The van der Waals surface area contributed by atoms with E-state index in [1.165, 1.54) is 36.5 Å². The topological polar surface area (TPSA) is 128 Å². The molecule has 0 bridgehead atoms. The van der Waals surface area contributed by atoms with Gasteiger partial charge in [-0.2, -0.15) is 22.7 Å². The Bertz CT molecular complexity index is 2460. The molecule has 20 heteroatoms. The summed E-state index contributed by atoms with van der Waals surface area (Å²) in [5.74, 6) is -1.23. The highest BCUT2D eigenvalue weighted by Crippen LogP contribution is 2.50. The zero-order valence-electron chi connectivity index (χ0n) is 31.7. The Morgan fingerprint density at radius 2 is 1.80 bits per heavy atom. The average Bonchev–Trinajstić information content (AvgIpc) is 3.93.